The number of hydrogen-bond donors (Lipinski definition) is 1. The molecule has 128 valence electrons. The Morgan fingerprint density at radius 2 is 2.00 bits per heavy atom. The minimum absolute atomic E-state index is 0.239. The van der Waals surface area contributed by atoms with Gasteiger partial charge in [-0.05, 0) is 54.5 Å². The SMILES string of the molecule is Cc1ccc(-c2ccc(/C=C(/C#N)c3cccc(Br)c3)o2)cc1C(=O)O. The maximum atomic E-state index is 11.3. The number of rotatable bonds is 4. The normalized spacial score (nSPS) is 11.2. The van der Waals surface area contributed by atoms with Gasteiger partial charge >= 0.3 is 5.97 Å². The van der Waals surface area contributed by atoms with E-state index in [2.05, 4.69) is 22.0 Å². The van der Waals surface area contributed by atoms with Crippen molar-refractivity contribution in [3.63, 3.8) is 0 Å². The lowest BCUT2D eigenvalue weighted by molar-refractivity contribution is 0.0696. The second-order valence-electron chi connectivity index (χ2n) is 5.72. The van der Waals surface area contributed by atoms with Gasteiger partial charge in [0.05, 0.1) is 17.2 Å². The number of nitrogens with zero attached hydrogens (tertiary/aromatic N) is 1. The molecule has 0 aliphatic carbocycles. The first-order chi connectivity index (χ1) is 12.5. The number of hydrogen-bond acceptors (Lipinski definition) is 3. The summed E-state index contributed by atoms with van der Waals surface area (Å²) < 4.78 is 6.68. The zero-order valence-corrected chi connectivity index (χ0v) is 15.4. The van der Waals surface area contributed by atoms with Crippen molar-refractivity contribution in [1.29, 1.82) is 5.26 Å². The third kappa shape index (κ3) is 3.76. The van der Waals surface area contributed by atoms with Crippen LogP contribution < -0.4 is 0 Å². The molecule has 0 saturated heterocycles. The van der Waals surface area contributed by atoms with Crippen LogP contribution in [0.25, 0.3) is 23.0 Å². The number of carboxylic acid groups (broad SMARTS) is 1. The lowest BCUT2D eigenvalue weighted by Gasteiger charge is -2.03. The van der Waals surface area contributed by atoms with E-state index < -0.39 is 5.97 Å². The predicted molar refractivity (Wildman–Crippen MR) is 103 cm³/mol. The Balaban J connectivity index is 1.96. The average molecular weight is 408 g/mol. The van der Waals surface area contributed by atoms with Crippen LogP contribution in [-0.2, 0) is 0 Å². The number of furan rings is 1. The lowest BCUT2D eigenvalue weighted by atomic mass is 10.0. The molecule has 0 aliphatic heterocycles. The number of carbonyl (C=O) groups is 1. The number of nitriles is 1. The molecule has 0 saturated carbocycles. The number of aromatic carboxylic acids is 1. The van der Waals surface area contributed by atoms with Crippen LogP contribution in [-0.4, -0.2) is 11.1 Å². The molecule has 0 unspecified atom stereocenters. The molecular formula is C21H14BrNO3. The average Bonchev–Trinajstić information content (AvgIpc) is 3.08. The second kappa shape index (κ2) is 7.42. The molecule has 0 fully saturated rings. The highest BCUT2D eigenvalue weighted by molar-refractivity contribution is 9.10. The van der Waals surface area contributed by atoms with Crippen molar-refractivity contribution in [3.05, 3.63) is 81.5 Å². The van der Waals surface area contributed by atoms with Gasteiger partial charge in [-0.1, -0.05) is 40.2 Å². The fourth-order valence-corrected chi connectivity index (χ4v) is 2.97. The Morgan fingerprint density at radius 1 is 1.19 bits per heavy atom. The van der Waals surface area contributed by atoms with Gasteiger partial charge in [0.15, 0.2) is 0 Å². The topological polar surface area (TPSA) is 74.2 Å². The molecule has 3 aromatic rings. The van der Waals surface area contributed by atoms with Crippen LogP contribution in [0.4, 0.5) is 0 Å². The summed E-state index contributed by atoms with van der Waals surface area (Å²) >= 11 is 3.40. The van der Waals surface area contributed by atoms with E-state index in [0.717, 1.165) is 10.0 Å². The molecule has 26 heavy (non-hydrogen) atoms. The van der Waals surface area contributed by atoms with Crippen molar-refractivity contribution in [2.24, 2.45) is 0 Å². The third-order valence-corrected chi connectivity index (χ3v) is 4.42. The van der Waals surface area contributed by atoms with Gasteiger partial charge in [0, 0.05) is 10.0 Å². The Hall–Kier alpha value is -3.10. The van der Waals surface area contributed by atoms with E-state index in [9.17, 15) is 15.2 Å². The minimum atomic E-state index is -0.975. The number of benzene rings is 2. The molecule has 1 N–H and O–H groups in total. The quantitative estimate of drug-likeness (QED) is 0.556. The highest BCUT2D eigenvalue weighted by atomic mass is 79.9. The Bertz CT molecular complexity index is 1060. The van der Waals surface area contributed by atoms with Gasteiger partial charge in [-0.2, -0.15) is 5.26 Å². The van der Waals surface area contributed by atoms with Gasteiger partial charge in [0.1, 0.15) is 11.5 Å². The fraction of sp³-hybridized carbons (Fsp3) is 0.0476. The standard InChI is InChI=1S/C21H14BrNO3/c1-13-5-6-15(11-19(13)21(24)25)20-8-7-18(26-20)10-16(12-23)14-3-2-4-17(22)9-14/h2-11H,1H3,(H,24,25)/b16-10-. The molecule has 0 aliphatic rings. The second-order valence-corrected chi connectivity index (χ2v) is 6.63. The zero-order valence-electron chi connectivity index (χ0n) is 13.9. The maximum Gasteiger partial charge on any atom is 0.335 e. The van der Waals surface area contributed by atoms with E-state index in [-0.39, 0.29) is 5.56 Å². The molecule has 0 atom stereocenters. The van der Waals surface area contributed by atoms with E-state index in [1.54, 1.807) is 37.3 Å². The molecule has 5 heteroatoms. The van der Waals surface area contributed by atoms with Crippen molar-refractivity contribution >= 4 is 33.5 Å². The zero-order chi connectivity index (χ0) is 18.7. The summed E-state index contributed by atoms with van der Waals surface area (Å²) in [5.74, 6) is 0.0942. The van der Waals surface area contributed by atoms with Gasteiger partial charge in [0.2, 0.25) is 0 Å². The molecule has 0 radical (unpaired) electrons. The predicted octanol–water partition coefficient (Wildman–Crippen LogP) is 5.78. The lowest BCUT2D eigenvalue weighted by Crippen LogP contribution is -1.99. The molecule has 4 nitrogen and oxygen atoms in total. The molecule has 3 rings (SSSR count). The minimum Gasteiger partial charge on any atom is -0.478 e. The molecular weight excluding hydrogens is 394 g/mol. The number of halogens is 1. The highest BCUT2D eigenvalue weighted by Gasteiger charge is 2.11. The molecule has 2 aromatic carbocycles. The van der Waals surface area contributed by atoms with Crippen molar-refractivity contribution in [3.8, 4) is 17.4 Å². The first-order valence-electron chi connectivity index (χ1n) is 7.80. The first kappa shape index (κ1) is 17.7. The van der Waals surface area contributed by atoms with E-state index in [4.69, 9.17) is 4.42 Å². The van der Waals surface area contributed by atoms with E-state index >= 15 is 0 Å². The molecule has 1 aromatic heterocycles. The Morgan fingerprint density at radius 3 is 2.69 bits per heavy atom. The van der Waals surface area contributed by atoms with Crippen LogP contribution in [0.2, 0.25) is 0 Å². The summed E-state index contributed by atoms with van der Waals surface area (Å²) in [6.07, 6.45) is 1.66. The van der Waals surface area contributed by atoms with E-state index in [0.29, 0.717) is 28.2 Å². The van der Waals surface area contributed by atoms with Gasteiger partial charge in [-0.3, -0.25) is 0 Å². The smallest absolute Gasteiger partial charge is 0.335 e. The van der Waals surface area contributed by atoms with Crippen molar-refractivity contribution in [2.45, 2.75) is 6.92 Å². The third-order valence-electron chi connectivity index (χ3n) is 3.92. The largest absolute Gasteiger partial charge is 0.478 e. The molecule has 1 heterocycles. The van der Waals surface area contributed by atoms with E-state index in [1.165, 1.54) is 0 Å². The summed E-state index contributed by atoms with van der Waals surface area (Å²) in [4.78, 5) is 11.3. The van der Waals surface area contributed by atoms with Gasteiger partial charge in [0.25, 0.3) is 0 Å². The van der Waals surface area contributed by atoms with Crippen molar-refractivity contribution < 1.29 is 14.3 Å². The Labute approximate surface area is 159 Å². The maximum absolute atomic E-state index is 11.3. The highest BCUT2D eigenvalue weighted by Crippen LogP contribution is 2.27. The first-order valence-corrected chi connectivity index (χ1v) is 8.59. The fourth-order valence-electron chi connectivity index (χ4n) is 2.57. The van der Waals surface area contributed by atoms with E-state index in [1.807, 2.05) is 30.3 Å². The van der Waals surface area contributed by atoms with Gasteiger partial charge in [-0.25, -0.2) is 4.79 Å². The van der Waals surface area contributed by atoms with Gasteiger partial charge < -0.3 is 9.52 Å². The summed E-state index contributed by atoms with van der Waals surface area (Å²) in [5, 5.41) is 18.7. The van der Waals surface area contributed by atoms with Crippen molar-refractivity contribution in [1.82, 2.24) is 0 Å². The summed E-state index contributed by atoms with van der Waals surface area (Å²) in [6.45, 7) is 1.75. The van der Waals surface area contributed by atoms with Crippen LogP contribution in [0.1, 0.15) is 27.2 Å². The number of carboxylic acids is 1. The number of aryl methyl sites for hydroxylation is 1. The van der Waals surface area contributed by atoms with Crippen LogP contribution in [0.15, 0.2) is 63.5 Å². The summed E-state index contributed by atoms with van der Waals surface area (Å²) in [6, 6.07) is 18.3. The summed E-state index contributed by atoms with van der Waals surface area (Å²) in [7, 11) is 0. The molecule has 0 amide bonds. The van der Waals surface area contributed by atoms with Crippen LogP contribution >= 0.6 is 15.9 Å². The summed E-state index contributed by atoms with van der Waals surface area (Å²) in [5.41, 5.74) is 2.86. The van der Waals surface area contributed by atoms with Gasteiger partial charge in [-0.15, -0.1) is 0 Å². The monoisotopic (exact) mass is 407 g/mol. The van der Waals surface area contributed by atoms with Crippen LogP contribution in [0.5, 0.6) is 0 Å². The van der Waals surface area contributed by atoms with Crippen LogP contribution in [0, 0.1) is 18.3 Å². The molecule has 0 bridgehead atoms. The Kier molecular flexibility index (Phi) is 5.06. The molecule has 0 spiro atoms. The number of allylic oxidation sites excluding steroid dienone is 1. The van der Waals surface area contributed by atoms with Crippen LogP contribution in [0.3, 0.4) is 0 Å². The van der Waals surface area contributed by atoms with Crippen molar-refractivity contribution in [2.75, 3.05) is 0 Å².